The van der Waals surface area contributed by atoms with Gasteiger partial charge in [-0.3, -0.25) is 0 Å². The summed E-state index contributed by atoms with van der Waals surface area (Å²) in [4.78, 5) is 2.42. The molecule has 0 saturated heterocycles. The fourth-order valence-electron chi connectivity index (χ4n) is 3.33. The molecule has 0 aromatic carbocycles. The molecule has 2 saturated carbocycles. The van der Waals surface area contributed by atoms with Crippen LogP contribution >= 0.6 is 0 Å². The van der Waals surface area contributed by atoms with Gasteiger partial charge in [-0.15, -0.1) is 0 Å². The molecular weight excluding hydrogens is 224 g/mol. The van der Waals surface area contributed by atoms with Crippen molar-refractivity contribution in [2.45, 2.75) is 63.5 Å². The van der Waals surface area contributed by atoms with E-state index in [0.717, 1.165) is 12.5 Å². The molecule has 3 heteroatoms. The summed E-state index contributed by atoms with van der Waals surface area (Å²) in [5.74, 6) is 0.882. The Hall–Kier alpha value is -0.120. The monoisotopic (exact) mass is 254 g/mol. The third kappa shape index (κ3) is 4.52. The van der Waals surface area contributed by atoms with Gasteiger partial charge >= 0.3 is 0 Å². The predicted octanol–water partition coefficient (Wildman–Crippen LogP) is 2.00. The predicted molar refractivity (Wildman–Crippen MR) is 75.7 cm³/mol. The van der Waals surface area contributed by atoms with E-state index in [1.165, 1.54) is 51.5 Å². The highest BCUT2D eigenvalue weighted by molar-refractivity contribution is 4.94. The van der Waals surface area contributed by atoms with Gasteiger partial charge in [0.2, 0.25) is 0 Å². The molecule has 0 radical (unpaired) electrons. The second kappa shape index (κ2) is 6.36. The van der Waals surface area contributed by atoms with Gasteiger partial charge in [0.05, 0.1) is 12.1 Å². The fourth-order valence-corrected chi connectivity index (χ4v) is 3.33. The van der Waals surface area contributed by atoms with E-state index in [-0.39, 0.29) is 12.1 Å². The maximum Gasteiger partial charge on any atom is 0.0623 e. The Morgan fingerprint density at radius 1 is 1.17 bits per heavy atom. The summed E-state index contributed by atoms with van der Waals surface area (Å²) in [5, 5.41) is 13.2. The van der Waals surface area contributed by atoms with Crippen LogP contribution in [0.5, 0.6) is 0 Å². The zero-order valence-electron chi connectivity index (χ0n) is 12.1. The van der Waals surface area contributed by atoms with Crippen molar-refractivity contribution >= 4 is 0 Å². The summed E-state index contributed by atoms with van der Waals surface area (Å²) in [5.41, 5.74) is -0.120. The number of hydrogen-bond acceptors (Lipinski definition) is 3. The van der Waals surface area contributed by atoms with E-state index >= 15 is 0 Å². The van der Waals surface area contributed by atoms with E-state index in [9.17, 15) is 5.11 Å². The highest BCUT2D eigenvalue weighted by atomic mass is 16.3. The Kier molecular flexibility index (Phi) is 5.05. The van der Waals surface area contributed by atoms with Crippen molar-refractivity contribution in [1.29, 1.82) is 0 Å². The Labute approximate surface area is 112 Å². The van der Waals surface area contributed by atoms with Crippen LogP contribution in [0.2, 0.25) is 0 Å². The molecule has 2 aliphatic carbocycles. The van der Waals surface area contributed by atoms with Gasteiger partial charge in [-0.2, -0.15) is 0 Å². The van der Waals surface area contributed by atoms with Crippen LogP contribution < -0.4 is 5.32 Å². The smallest absolute Gasteiger partial charge is 0.0623 e. The number of hydrogen-bond donors (Lipinski definition) is 2. The zero-order valence-corrected chi connectivity index (χ0v) is 12.1. The summed E-state index contributed by atoms with van der Waals surface area (Å²) >= 11 is 0. The average Bonchev–Trinajstić information content (AvgIpc) is 3.13. The minimum absolute atomic E-state index is 0.120. The molecule has 0 aromatic rings. The van der Waals surface area contributed by atoms with Crippen LogP contribution in [0.25, 0.3) is 0 Å². The van der Waals surface area contributed by atoms with Gasteiger partial charge in [0, 0.05) is 19.1 Å². The third-order valence-electron chi connectivity index (χ3n) is 4.39. The topological polar surface area (TPSA) is 35.5 Å². The fraction of sp³-hybridized carbons (Fsp3) is 1.00. The molecule has 0 aliphatic heterocycles. The Morgan fingerprint density at radius 3 is 2.39 bits per heavy atom. The first-order valence-electron chi connectivity index (χ1n) is 7.68. The SMILES string of the molecule is CN(CC1CCCCC1)CC(C)(CO)NC1CC1. The first-order valence-corrected chi connectivity index (χ1v) is 7.68. The van der Waals surface area contributed by atoms with Crippen LogP contribution in [-0.2, 0) is 0 Å². The summed E-state index contributed by atoms with van der Waals surface area (Å²) in [6.45, 7) is 4.54. The number of nitrogens with zero attached hydrogens (tertiary/aromatic N) is 1. The molecular formula is C15H30N2O. The first-order chi connectivity index (χ1) is 8.61. The maximum absolute atomic E-state index is 9.63. The van der Waals surface area contributed by atoms with Gasteiger partial charge < -0.3 is 15.3 Å². The lowest BCUT2D eigenvalue weighted by Gasteiger charge is -2.35. The van der Waals surface area contributed by atoms with E-state index < -0.39 is 0 Å². The lowest BCUT2D eigenvalue weighted by molar-refractivity contribution is 0.118. The average molecular weight is 254 g/mol. The normalized spacial score (nSPS) is 25.3. The Morgan fingerprint density at radius 2 is 1.83 bits per heavy atom. The second-order valence-electron chi connectivity index (χ2n) is 6.84. The van der Waals surface area contributed by atoms with Crippen LogP contribution in [0.1, 0.15) is 51.9 Å². The van der Waals surface area contributed by atoms with E-state index in [1.807, 2.05) is 0 Å². The third-order valence-corrected chi connectivity index (χ3v) is 4.39. The van der Waals surface area contributed by atoms with Crippen molar-refractivity contribution in [2.75, 3.05) is 26.7 Å². The van der Waals surface area contributed by atoms with Crippen molar-refractivity contribution in [3.8, 4) is 0 Å². The standard InChI is InChI=1S/C15H30N2O/c1-15(12-18,16-14-8-9-14)11-17(2)10-13-6-4-3-5-7-13/h13-14,16,18H,3-12H2,1-2H3. The molecule has 1 atom stereocenters. The Bertz CT molecular complexity index is 249. The minimum Gasteiger partial charge on any atom is -0.394 e. The molecule has 0 aromatic heterocycles. The second-order valence-corrected chi connectivity index (χ2v) is 6.84. The molecule has 3 nitrogen and oxygen atoms in total. The lowest BCUT2D eigenvalue weighted by Crippen LogP contribution is -2.54. The summed E-state index contributed by atoms with van der Waals surface area (Å²) in [6.07, 6.45) is 9.61. The minimum atomic E-state index is -0.120. The molecule has 2 N–H and O–H groups in total. The van der Waals surface area contributed by atoms with Gasteiger partial charge in [0.15, 0.2) is 0 Å². The lowest BCUT2D eigenvalue weighted by atomic mass is 9.88. The van der Waals surface area contributed by atoms with Crippen molar-refractivity contribution in [1.82, 2.24) is 10.2 Å². The van der Waals surface area contributed by atoms with E-state index in [1.54, 1.807) is 0 Å². The molecule has 0 amide bonds. The van der Waals surface area contributed by atoms with Gasteiger partial charge in [-0.25, -0.2) is 0 Å². The highest BCUT2D eigenvalue weighted by Crippen LogP contribution is 2.25. The van der Waals surface area contributed by atoms with Crippen LogP contribution in [0.4, 0.5) is 0 Å². The van der Waals surface area contributed by atoms with Gasteiger partial charge in [0.1, 0.15) is 0 Å². The molecule has 0 bridgehead atoms. The van der Waals surface area contributed by atoms with E-state index in [2.05, 4.69) is 24.2 Å². The van der Waals surface area contributed by atoms with Crippen molar-refractivity contribution in [3.05, 3.63) is 0 Å². The maximum atomic E-state index is 9.63. The van der Waals surface area contributed by atoms with Crippen molar-refractivity contribution in [2.24, 2.45) is 5.92 Å². The summed E-state index contributed by atoms with van der Waals surface area (Å²) < 4.78 is 0. The molecule has 2 aliphatic rings. The van der Waals surface area contributed by atoms with Crippen molar-refractivity contribution in [3.63, 3.8) is 0 Å². The van der Waals surface area contributed by atoms with Crippen LogP contribution in [0.15, 0.2) is 0 Å². The Balaban J connectivity index is 1.74. The molecule has 18 heavy (non-hydrogen) atoms. The number of rotatable bonds is 7. The van der Waals surface area contributed by atoms with Gasteiger partial charge in [0.25, 0.3) is 0 Å². The molecule has 1 unspecified atom stereocenters. The van der Waals surface area contributed by atoms with Crippen molar-refractivity contribution < 1.29 is 5.11 Å². The highest BCUT2D eigenvalue weighted by Gasteiger charge is 2.33. The molecule has 106 valence electrons. The zero-order chi connectivity index (χ0) is 13.0. The van der Waals surface area contributed by atoms with Gasteiger partial charge in [-0.1, -0.05) is 19.3 Å². The van der Waals surface area contributed by atoms with Crippen LogP contribution in [0.3, 0.4) is 0 Å². The molecule has 2 fully saturated rings. The number of nitrogens with one attached hydrogen (secondary N) is 1. The van der Waals surface area contributed by atoms with Crippen LogP contribution in [0, 0.1) is 5.92 Å². The number of likely N-dealkylation sites (N-methyl/N-ethyl adjacent to an activating group) is 1. The van der Waals surface area contributed by atoms with E-state index in [0.29, 0.717) is 6.04 Å². The number of aliphatic hydroxyl groups excluding tert-OH is 1. The van der Waals surface area contributed by atoms with E-state index in [4.69, 9.17) is 0 Å². The molecule has 2 rings (SSSR count). The molecule has 0 heterocycles. The first kappa shape index (κ1) is 14.3. The largest absolute Gasteiger partial charge is 0.394 e. The number of aliphatic hydroxyl groups is 1. The summed E-state index contributed by atoms with van der Waals surface area (Å²) in [6, 6.07) is 0.658. The molecule has 0 spiro atoms. The quantitative estimate of drug-likeness (QED) is 0.729. The van der Waals surface area contributed by atoms with Crippen LogP contribution in [-0.4, -0.2) is 48.3 Å². The van der Waals surface area contributed by atoms with Gasteiger partial charge in [-0.05, 0) is 45.6 Å². The summed E-state index contributed by atoms with van der Waals surface area (Å²) in [7, 11) is 2.21.